The molecule has 0 aliphatic carbocycles. The van der Waals surface area contributed by atoms with E-state index in [2.05, 4.69) is 51.2 Å². The first-order valence-corrected chi connectivity index (χ1v) is 14.3. The molecule has 0 unspecified atom stereocenters. The molecule has 42 heavy (non-hydrogen) atoms. The highest BCUT2D eigenvalue weighted by Gasteiger charge is 2.39. The van der Waals surface area contributed by atoms with E-state index in [9.17, 15) is 4.79 Å². The third kappa shape index (κ3) is 6.29. The number of benzene rings is 3. The lowest BCUT2D eigenvalue weighted by molar-refractivity contribution is 0.0697. The number of piperidine rings is 1. The Morgan fingerprint density at radius 2 is 1.64 bits per heavy atom. The lowest BCUT2D eigenvalue weighted by atomic mass is 9.98. The summed E-state index contributed by atoms with van der Waals surface area (Å²) in [5.41, 5.74) is 4.46. The lowest BCUT2D eigenvalue weighted by Gasteiger charge is -2.39. The number of likely N-dealkylation sites (tertiary alicyclic amines) is 1. The summed E-state index contributed by atoms with van der Waals surface area (Å²) in [6.45, 7) is 5.35. The number of aliphatic imine (C=N–C) groups is 1. The fourth-order valence-electron chi connectivity index (χ4n) is 5.66. The molecule has 8 heteroatoms. The molecule has 4 aromatic rings. The van der Waals surface area contributed by atoms with Gasteiger partial charge in [0.15, 0.2) is 0 Å². The quantitative estimate of drug-likeness (QED) is 0.259. The fourth-order valence-corrected chi connectivity index (χ4v) is 5.66. The number of para-hydroxylation sites is 1. The molecule has 0 bridgehead atoms. The highest BCUT2D eigenvalue weighted by molar-refractivity contribution is 5.87. The average molecular weight is 563 g/mol. The monoisotopic (exact) mass is 562 g/mol. The van der Waals surface area contributed by atoms with Crippen LogP contribution in [-0.2, 0) is 11.3 Å². The molecule has 2 aliphatic rings. The van der Waals surface area contributed by atoms with E-state index in [4.69, 9.17) is 19.6 Å². The molecule has 1 N–H and O–H groups in total. The Balaban J connectivity index is 1.11. The number of carbonyl (C=O) groups is 1. The van der Waals surface area contributed by atoms with Gasteiger partial charge in [-0.1, -0.05) is 54.6 Å². The second kappa shape index (κ2) is 12.4. The number of rotatable bonds is 8. The molecular formula is C34H34N4O4. The number of aryl methyl sites for hydroxylation is 1. The zero-order chi connectivity index (χ0) is 28.9. The summed E-state index contributed by atoms with van der Waals surface area (Å²) >= 11 is 0. The molecule has 0 amide bonds. The molecule has 0 radical (unpaired) electrons. The average Bonchev–Trinajstić information content (AvgIpc) is 3.43. The number of pyridine rings is 1. The van der Waals surface area contributed by atoms with Crippen LogP contribution in [0.15, 0.2) is 102 Å². The van der Waals surface area contributed by atoms with Crippen LogP contribution in [0.1, 0.15) is 46.1 Å². The Morgan fingerprint density at radius 3 is 2.31 bits per heavy atom. The molecule has 2 aliphatic heterocycles. The molecule has 214 valence electrons. The van der Waals surface area contributed by atoms with Gasteiger partial charge in [0, 0.05) is 37.4 Å². The van der Waals surface area contributed by atoms with Gasteiger partial charge in [0.05, 0.1) is 17.3 Å². The van der Waals surface area contributed by atoms with Crippen molar-refractivity contribution in [1.29, 1.82) is 0 Å². The Kier molecular flexibility index (Phi) is 8.14. The van der Waals surface area contributed by atoms with Crippen LogP contribution in [0.4, 0.5) is 5.69 Å². The molecule has 8 nitrogen and oxygen atoms in total. The van der Waals surface area contributed by atoms with E-state index in [0.29, 0.717) is 30.3 Å². The number of ether oxygens (including phenoxy) is 2. The van der Waals surface area contributed by atoms with Crippen molar-refractivity contribution in [1.82, 2.24) is 14.8 Å². The summed E-state index contributed by atoms with van der Waals surface area (Å²) in [5, 5.41) is 9.09. The van der Waals surface area contributed by atoms with Gasteiger partial charge in [-0.25, -0.2) is 9.78 Å². The van der Waals surface area contributed by atoms with E-state index in [1.165, 1.54) is 23.3 Å². The summed E-state index contributed by atoms with van der Waals surface area (Å²) in [4.78, 5) is 25.5. The predicted molar refractivity (Wildman–Crippen MR) is 161 cm³/mol. The summed E-state index contributed by atoms with van der Waals surface area (Å²) in [7, 11) is 0. The third-order valence-corrected chi connectivity index (χ3v) is 7.93. The molecule has 1 atom stereocenters. The molecule has 3 heterocycles. The number of nitrogens with zero attached hydrogens (tertiary/aromatic N) is 4. The highest BCUT2D eigenvalue weighted by Crippen LogP contribution is 2.34. The van der Waals surface area contributed by atoms with E-state index >= 15 is 0 Å². The third-order valence-electron chi connectivity index (χ3n) is 7.93. The molecule has 0 spiro atoms. The van der Waals surface area contributed by atoms with Gasteiger partial charge >= 0.3 is 5.97 Å². The van der Waals surface area contributed by atoms with Gasteiger partial charge in [-0.05, 0) is 67.3 Å². The van der Waals surface area contributed by atoms with E-state index in [-0.39, 0.29) is 11.6 Å². The van der Waals surface area contributed by atoms with E-state index in [1.54, 1.807) is 12.1 Å². The normalized spacial score (nSPS) is 18.6. The Morgan fingerprint density at radius 1 is 0.952 bits per heavy atom. The molecule has 1 aromatic heterocycles. The van der Waals surface area contributed by atoms with Crippen molar-refractivity contribution in [3.05, 3.63) is 119 Å². The number of hydrogen-bond acceptors (Lipinski definition) is 6. The van der Waals surface area contributed by atoms with Crippen LogP contribution in [0.3, 0.4) is 0 Å². The van der Waals surface area contributed by atoms with Gasteiger partial charge in [0.25, 0.3) is 6.02 Å². The van der Waals surface area contributed by atoms with Crippen LogP contribution in [-0.4, -0.2) is 57.6 Å². The van der Waals surface area contributed by atoms with Crippen molar-refractivity contribution in [2.45, 2.75) is 38.4 Å². The Labute approximate surface area is 245 Å². The van der Waals surface area contributed by atoms with E-state index in [0.717, 1.165) is 43.9 Å². The predicted octanol–water partition coefficient (Wildman–Crippen LogP) is 6.61. The van der Waals surface area contributed by atoms with Crippen LogP contribution in [0.2, 0.25) is 0 Å². The number of carboxylic acids is 1. The number of hydrogen-bond donors (Lipinski definition) is 1. The second-order valence-corrected chi connectivity index (χ2v) is 10.7. The van der Waals surface area contributed by atoms with Crippen LogP contribution < -0.4 is 4.74 Å². The van der Waals surface area contributed by atoms with Gasteiger partial charge in [-0.3, -0.25) is 4.90 Å². The lowest BCUT2D eigenvalue weighted by Crippen LogP contribution is -2.46. The van der Waals surface area contributed by atoms with Crippen LogP contribution in [0, 0.1) is 6.92 Å². The zero-order valence-electron chi connectivity index (χ0n) is 23.6. The smallest absolute Gasteiger partial charge is 0.335 e. The van der Waals surface area contributed by atoms with Crippen molar-refractivity contribution < 1.29 is 19.4 Å². The van der Waals surface area contributed by atoms with Crippen molar-refractivity contribution >= 4 is 17.7 Å². The topological polar surface area (TPSA) is 87.5 Å². The first kappa shape index (κ1) is 27.5. The number of aromatic nitrogens is 1. The minimum atomic E-state index is -0.963. The number of amidine groups is 1. The molecular weight excluding hydrogens is 528 g/mol. The van der Waals surface area contributed by atoms with E-state index < -0.39 is 5.97 Å². The summed E-state index contributed by atoms with van der Waals surface area (Å²) < 4.78 is 12.1. The molecule has 3 aromatic carbocycles. The highest BCUT2D eigenvalue weighted by atomic mass is 16.5. The SMILES string of the molecule is Cc1nc(Oc2ccc(C(=O)O)cc2)ccc1CN1CCC(N2C(=Nc3ccccc3)OC[C@H]2c2ccccc2)CC1. The van der Waals surface area contributed by atoms with Crippen LogP contribution >= 0.6 is 0 Å². The van der Waals surface area contributed by atoms with Crippen molar-refractivity contribution in [3.8, 4) is 11.6 Å². The minimum absolute atomic E-state index is 0.143. The van der Waals surface area contributed by atoms with Gasteiger partial charge in [-0.15, -0.1) is 0 Å². The van der Waals surface area contributed by atoms with E-state index in [1.807, 2.05) is 43.3 Å². The van der Waals surface area contributed by atoms with Crippen molar-refractivity contribution in [2.24, 2.45) is 4.99 Å². The standard InChI is InChI=1S/C34H34N4O4/c1-24-27(14-17-32(35-24)42-30-15-12-26(13-16-30)33(39)40)22-37-20-18-29(19-21-37)38-31(25-8-4-2-5-9-25)23-41-34(38)36-28-10-6-3-7-11-28/h2-17,29,31H,18-23H2,1H3,(H,39,40)/t31-/m0/s1. The van der Waals surface area contributed by atoms with Gasteiger partial charge in [-0.2, -0.15) is 4.99 Å². The second-order valence-electron chi connectivity index (χ2n) is 10.7. The molecule has 0 saturated carbocycles. The zero-order valence-corrected chi connectivity index (χ0v) is 23.6. The Hall–Kier alpha value is -4.69. The van der Waals surface area contributed by atoms with Crippen molar-refractivity contribution in [2.75, 3.05) is 19.7 Å². The molecule has 2 saturated heterocycles. The van der Waals surface area contributed by atoms with Gasteiger partial charge < -0.3 is 19.5 Å². The van der Waals surface area contributed by atoms with Gasteiger partial charge in [0.2, 0.25) is 5.88 Å². The summed E-state index contributed by atoms with van der Waals surface area (Å²) in [6, 6.07) is 32.1. The first-order valence-electron chi connectivity index (χ1n) is 14.3. The maximum atomic E-state index is 11.1. The summed E-state index contributed by atoms with van der Waals surface area (Å²) in [6.07, 6.45) is 2.03. The largest absolute Gasteiger partial charge is 0.478 e. The first-order chi connectivity index (χ1) is 20.5. The molecule has 6 rings (SSSR count). The Bertz CT molecular complexity index is 1540. The van der Waals surface area contributed by atoms with Crippen LogP contribution in [0.25, 0.3) is 0 Å². The maximum Gasteiger partial charge on any atom is 0.335 e. The van der Waals surface area contributed by atoms with Gasteiger partial charge in [0.1, 0.15) is 12.4 Å². The summed E-state index contributed by atoms with van der Waals surface area (Å²) in [5.74, 6) is 0.0790. The van der Waals surface area contributed by atoms with Crippen molar-refractivity contribution in [3.63, 3.8) is 0 Å². The molecule has 2 fully saturated rings. The number of aromatic carboxylic acids is 1. The maximum absolute atomic E-state index is 11.1. The fraction of sp³-hybridized carbons (Fsp3) is 0.265. The van der Waals surface area contributed by atoms with Crippen LogP contribution in [0.5, 0.6) is 11.6 Å². The minimum Gasteiger partial charge on any atom is -0.478 e. The number of carboxylic acid groups (broad SMARTS) is 1.